The van der Waals surface area contributed by atoms with Crippen molar-refractivity contribution in [1.82, 2.24) is 0 Å². The summed E-state index contributed by atoms with van der Waals surface area (Å²) < 4.78 is 1.28. The minimum atomic E-state index is 0.267. The van der Waals surface area contributed by atoms with Crippen molar-refractivity contribution in [3.63, 3.8) is 0 Å². The molecule has 20 heavy (non-hydrogen) atoms. The van der Waals surface area contributed by atoms with E-state index in [1.807, 2.05) is 0 Å². The standard InChI is InChI=1S/C18H20IN/c19-17-9-5-13(6-10-17)11-18(20)16-8-7-14-3-1-2-4-15(14)12-16/h1-6,9-10,16,18H,7-8,11-12,20H2. The topological polar surface area (TPSA) is 26.0 Å². The van der Waals surface area contributed by atoms with E-state index in [0.717, 1.165) is 12.8 Å². The molecule has 0 radical (unpaired) electrons. The minimum absolute atomic E-state index is 0.267. The van der Waals surface area contributed by atoms with Gasteiger partial charge in [-0.05, 0) is 83.0 Å². The van der Waals surface area contributed by atoms with E-state index < -0.39 is 0 Å². The fourth-order valence-corrected chi connectivity index (χ4v) is 3.51. The number of benzene rings is 2. The molecule has 2 N–H and O–H groups in total. The van der Waals surface area contributed by atoms with E-state index in [1.54, 1.807) is 0 Å². The van der Waals surface area contributed by atoms with Crippen LogP contribution in [-0.2, 0) is 19.3 Å². The second-order valence-corrected chi connectivity index (χ2v) is 7.01. The van der Waals surface area contributed by atoms with Gasteiger partial charge in [-0.2, -0.15) is 0 Å². The molecule has 0 bridgehead atoms. The molecule has 0 spiro atoms. The molecule has 0 aromatic heterocycles. The number of rotatable bonds is 3. The fraction of sp³-hybridized carbons (Fsp3) is 0.333. The Bertz CT molecular complexity index is 576. The third kappa shape index (κ3) is 3.23. The molecular weight excluding hydrogens is 357 g/mol. The van der Waals surface area contributed by atoms with Crippen LogP contribution in [-0.4, -0.2) is 6.04 Å². The van der Waals surface area contributed by atoms with Crippen LogP contribution in [0.3, 0.4) is 0 Å². The summed E-state index contributed by atoms with van der Waals surface area (Å²) in [4.78, 5) is 0. The molecule has 2 atom stereocenters. The maximum atomic E-state index is 6.47. The SMILES string of the molecule is NC(Cc1ccc(I)cc1)C1CCc2ccccc2C1. The molecular formula is C18H20IN. The van der Waals surface area contributed by atoms with Crippen LogP contribution in [0.15, 0.2) is 48.5 Å². The van der Waals surface area contributed by atoms with Crippen LogP contribution in [0, 0.1) is 9.49 Å². The highest BCUT2D eigenvalue weighted by Crippen LogP contribution is 2.28. The first-order valence-electron chi connectivity index (χ1n) is 7.29. The summed E-state index contributed by atoms with van der Waals surface area (Å²) in [6.45, 7) is 0. The Kier molecular flexibility index (Phi) is 4.41. The monoisotopic (exact) mass is 377 g/mol. The van der Waals surface area contributed by atoms with E-state index >= 15 is 0 Å². The van der Waals surface area contributed by atoms with Gasteiger partial charge in [0.15, 0.2) is 0 Å². The molecule has 1 aliphatic rings. The third-order valence-corrected chi connectivity index (χ3v) is 5.09. The van der Waals surface area contributed by atoms with E-state index in [9.17, 15) is 0 Å². The molecule has 0 fully saturated rings. The lowest BCUT2D eigenvalue weighted by atomic mass is 9.79. The Hall–Kier alpha value is -0.870. The van der Waals surface area contributed by atoms with E-state index in [1.165, 1.54) is 33.1 Å². The zero-order valence-corrected chi connectivity index (χ0v) is 13.7. The molecule has 0 saturated heterocycles. The quantitative estimate of drug-likeness (QED) is 0.805. The van der Waals surface area contributed by atoms with E-state index in [0.29, 0.717) is 5.92 Å². The van der Waals surface area contributed by atoms with Crippen LogP contribution in [0.2, 0.25) is 0 Å². The number of halogens is 1. The Labute approximate surface area is 134 Å². The molecule has 2 unspecified atom stereocenters. The van der Waals surface area contributed by atoms with Crippen molar-refractivity contribution in [3.05, 3.63) is 68.8 Å². The van der Waals surface area contributed by atoms with Gasteiger partial charge >= 0.3 is 0 Å². The molecule has 1 aliphatic carbocycles. The molecule has 2 aromatic rings. The zero-order chi connectivity index (χ0) is 13.9. The predicted molar refractivity (Wildman–Crippen MR) is 92.8 cm³/mol. The second kappa shape index (κ2) is 6.27. The molecule has 2 aromatic carbocycles. The Morgan fingerprint density at radius 3 is 2.50 bits per heavy atom. The minimum Gasteiger partial charge on any atom is -0.327 e. The molecule has 0 aliphatic heterocycles. The lowest BCUT2D eigenvalue weighted by molar-refractivity contribution is 0.372. The number of fused-ring (bicyclic) bond motifs is 1. The largest absolute Gasteiger partial charge is 0.327 e. The van der Waals surface area contributed by atoms with Gasteiger partial charge in [-0.15, -0.1) is 0 Å². The smallest absolute Gasteiger partial charge is 0.0130 e. The summed E-state index contributed by atoms with van der Waals surface area (Å²) in [5.41, 5.74) is 10.9. The van der Waals surface area contributed by atoms with Crippen molar-refractivity contribution in [2.45, 2.75) is 31.7 Å². The number of aryl methyl sites for hydroxylation is 1. The molecule has 0 heterocycles. The van der Waals surface area contributed by atoms with Gasteiger partial charge in [-0.3, -0.25) is 0 Å². The van der Waals surface area contributed by atoms with Crippen molar-refractivity contribution in [2.75, 3.05) is 0 Å². The van der Waals surface area contributed by atoms with E-state index in [2.05, 4.69) is 71.1 Å². The average molecular weight is 377 g/mol. The summed E-state index contributed by atoms with van der Waals surface area (Å²) >= 11 is 2.34. The third-order valence-electron chi connectivity index (χ3n) is 4.38. The van der Waals surface area contributed by atoms with Crippen LogP contribution >= 0.6 is 22.6 Å². The molecule has 0 saturated carbocycles. The van der Waals surface area contributed by atoms with Crippen molar-refractivity contribution >= 4 is 22.6 Å². The summed E-state index contributed by atoms with van der Waals surface area (Å²) in [6, 6.07) is 17.8. The maximum absolute atomic E-state index is 6.47. The van der Waals surface area contributed by atoms with E-state index in [4.69, 9.17) is 5.73 Å². The fourth-order valence-electron chi connectivity index (χ4n) is 3.15. The van der Waals surface area contributed by atoms with Crippen molar-refractivity contribution < 1.29 is 0 Å². The zero-order valence-electron chi connectivity index (χ0n) is 11.6. The number of hydrogen-bond acceptors (Lipinski definition) is 1. The highest BCUT2D eigenvalue weighted by Gasteiger charge is 2.23. The summed E-state index contributed by atoms with van der Waals surface area (Å²) in [5, 5.41) is 0. The van der Waals surface area contributed by atoms with Crippen LogP contribution in [0.1, 0.15) is 23.1 Å². The first-order chi connectivity index (χ1) is 9.72. The Balaban J connectivity index is 1.67. The molecule has 3 rings (SSSR count). The lowest BCUT2D eigenvalue weighted by Crippen LogP contribution is -2.35. The normalized spacial score (nSPS) is 19.4. The molecule has 104 valence electrons. The van der Waals surface area contributed by atoms with Crippen LogP contribution in [0.4, 0.5) is 0 Å². The molecule has 1 nitrogen and oxygen atoms in total. The van der Waals surface area contributed by atoms with Gasteiger partial charge in [-0.1, -0.05) is 36.4 Å². The maximum Gasteiger partial charge on any atom is 0.0130 e. The average Bonchev–Trinajstić information content (AvgIpc) is 2.49. The highest BCUT2D eigenvalue weighted by molar-refractivity contribution is 14.1. The van der Waals surface area contributed by atoms with Crippen LogP contribution < -0.4 is 5.73 Å². The first-order valence-corrected chi connectivity index (χ1v) is 8.37. The molecule has 0 amide bonds. The highest BCUT2D eigenvalue weighted by atomic mass is 127. The predicted octanol–water partition coefficient (Wildman–Crippen LogP) is 3.97. The van der Waals surface area contributed by atoms with Crippen LogP contribution in [0.25, 0.3) is 0 Å². The van der Waals surface area contributed by atoms with Crippen molar-refractivity contribution in [1.29, 1.82) is 0 Å². The van der Waals surface area contributed by atoms with Gasteiger partial charge < -0.3 is 5.73 Å². The number of hydrogen-bond donors (Lipinski definition) is 1. The molecule has 2 heteroatoms. The van der Waals surface area contributed by atoms with Crippen LogP contribution in [0.5, 0.6) is 0 Å². The summed E-state index contributed by atoms with van der Waals surface area (Å²) in [5.74, 6) is 0.615. The second-order valence-electron chi connectivity index (χ2n) is 5.77. The summed E-state index contributed by atoms with van der Waals surface area (Å²) in [6.07, 6.45) is 4.54. The number of nitrogens with two attached hydrogens (primary N) is 1. The van der Waals surface area contributed by atoms with Gasteiger partial charge in [0.1, 0.15) is 0 Å². The van der Waals surface area contributed by atoms with Gasteiger partial charge in [0.25, 0.3) is 0 Å². The Morgan fingerprint density at radius 2 is 1.75 bits per heavy atom. The Morgan fingerprint density at radius 1 is 1.05 bits per heavy atom. The van der Waals surface area contributed by atoms with Gasteiger partial charge in [0.2, 0.25) is 0 Å². The lowest BCUT2D eigenvalue weighted by Gasteiger charge is -2.29. The van der Waals surface area contributed by atoms with Crippen molar-refractivity contribution in [2.24, 2.45) is 11.7 Å². The van der Waals surface area contributed by atoms with Gasteiger partial charge in [0, 0.05) is 9.61 Å². The van der Waals surface area contributed by atoms with E-state index in [-0.39, 0.29) is 6.04 Å². The van der Waals surface area contributed by atoms with Crippen molar-refractivity contribution in [3.8, 4) is 0 Å². The van der Waals surface area contributed by atoms with Gasteiger partial charge in [-0.25, -0.2) is 0 Å². The summed E-state index contributed by atoms with van der Waals surface area (Å²) in [7, 11) is 0. The first kappa shape index (κ1) is 14.1. The van der Waals surface area contributed by atoms with Gasteiger partial charge in [0.05, 0.1) is 0 Å².